The lowest BCUT2D eigenvalue weighted by Crippen LogP contribution is -2.15. The fourth-order valence-corrected chi connectivity index (χ4v) is 2.60. The van der Waals surface area contributed by atoms with Crippen LogP contribution in [0.1, 0.15) is 63.8 Å². The molecule has 2 aromatic carbocycles. The van der Waals surface area contributed by atoms with E-state index in [-0.39, 0.29) is 10.8 Å². The molecule has 0 aromatic heterocycles. The molecule has 2 rings (SSSR count). The summed E-state index contributed by atoms with van der Waals surface area (Å²) >= 11 is 0. The van der Waals surface area contributed by atoms with Crippen LogP contribution in [-0.4, -0.2) is 0 Å². The molecule has 0 atom stereocenters. The van der Waals surface area contributed by atoms with Crippen LogP contribution in [0, 0.1) is 0 Å². The van der Waals surface area contributed by atoms with Gasteiger partial charge in [-0.05, 0) is 33.1 Å². The Balaban J connectivity index is 1.87. The summed E-state index contributed by atoms with van der Waals surface area (Å²) in [7, 11) is 0. The highest BCUT2D eigenvalue weighted by Gasteiger charge is 2.13. The van der Waals surface area contributed by atoms with Gasteiger partial charge in [-0.3, -0.25) is 0 Å². The minimum Gasteiger partial charge on any atom is -0.309 e. The van der Waals surface area contributed by atoms with Crippen molar-refractivity contribution in [3.05, 3.63) is 70.8 Å². The van der Waals surface area contributed by atoms with Crippen LogP contribution >= 0.6 is 0 Å². The average molecular weight is 309 g/mol. The Kier molecular flexibility index (Phi) is 5.31. The Labute approximate surface area is 142 Å². The molecule has 0 saturated carbocycles. The van der Waals surface area contributed by atoms with Crippen LogP contribution in [0.25, 0.3) is 0 Å². The van der Waals surface area contributed by atoms with Gasteiger partial charge in [0.05, 0.1) is 0 Å². The first-order valence-corrected chi connectivity index (χ1v) is 8.56. The van der Waals surface area contributed by atoms with Gasteiger partial charge >= 0.3 is 0 Å². The van der Waals surface area contributed by atoms with Crippen molar-refractivity contribution >= 4 is 0 Å². The zero-order valence-corrected chi connectivity index (χ0v) is 15.5. The maximum atomic E-state index is 3.53. The molecule has 0 amide bonds. The minimum atomic E-state index is 0.223. The lowest BCUT2D eigenvalue weighted by Gasteiger charge is -2.19. The van der Waals surface area contributed by atoms with E-state index in [9.17, 15) is 0 Å². The summed E-state index contributed by atoms with van der Waals surface area (Å²) in [6.45, 7) is 15.3. The van der Waals surface area contributed by atoms with Crippen LogP contribution in [0.2, 0.25) is 0 Å². The molecule has 0 aliphatic heterocycles. The van der Waals surface area contributed by atoms with Gasteiger partial charge in [-0.2, -0.15) is 0 Å². The molecule has 0 bridgehead atoms. The normalized spacial score (nSPS) is 12.4. The van der Waals surface area contributed by atoms with Crippen molar-refractivity contribution < 1.29 is 0 Å². The monoisotopic (exact) mass is 309 g/mol. The van der Waals surface area contributed by atoms with Crippen molar-refractivity contribution in [2.75, 3.05) is 0 Å². The minimum absolute atomic E-state index is 0.223. The second-order valence-corrected chi connectivity index (χ2v) is 8.50. The van der Waals surface area contributed by atoms with E-state index in [1.54, 1.807) is 0 Å². The molecule has 0 radical (unpaired) electrons. The predicted molar refractivity (Wildman–Crippen MR) is 101 cm³/mol. The molecule has 0 aliphatic rings. The summed E-state index contributed by atoms with van der Waals surface area (Å²) in [5.74, 6) is 0. The highest BCUT2D eigenvalue weighted by atomic mass is 14.8. The van der Waals surface area contributed by atoms with E-state index >= 15 is 0 Å². The summed E-state index contributed by atoms with van der Waals surface area (Å²) in [5, 5.41) is 3.53. The number of benzene rings is 2. The van der Waals surface area contributed by atoms with E-state index in [2.05, 4.69) is 95.4 Å². The number of hydrogen-bond donors (Lipinski definition) is 1. The maximum Gasteiger partial charge on any atom is 0.0208 e. The summed E-state index contributed by atoms with van der Waals surface area (Å²) in [4.78, 5) is 0. The van der Waals surface area contributed by atoms with Crippen LogP contribution < -0.4 is 5.32 Å². The predicted octanol–water partition coefficient (Wildman–Crippen LogP) is 5.57. The molecule has 124 valence electrons. The number of hydrogen-bond acceptors (Lipinski definition) is 1. The van der Waals surface area contributed by atoms with Gasteiger partial charge in [-0.1, -0.05) is 90.1 Å². The third kappa shape index (κ3) is 5.21. The summed E-state index contributed by atoms with van der Waals surface area (Å²) in [5.41, 5.74) is 5.90. The van der Waals surface area contributed by atoms with Crippen LogP contribution in [0.15, 0.2) is 48.5 Å². The first-order chi connectivity index (χ1) is 10.7. The average Bonchev–Trinajstić information content (AvgIpc) is 2.46. The summed E-state index contributed by atoms with van der Waals surface area (Å²) in [6, 6.07) is 17.9. The quantitative estimate of drug-likeness (QED) is 0.778. The van der Waals surface area contributed by atoms with Crippen molar-refractivity contribution in [2.45, 2.75) is 65.5 Å². The lowest BCUT2D eigenvalue weighted by atomic mass is 9.86. The molecule has 0 unspecified atom stereocenters. The van der Waals surface area contributed by atoms with Crippen molar-refractivity contribution in [3.63, 3.8) is 0 Å². The molecule has 1 nitrogen and oxygen atoms in total. The first-order valence-electron chi connectivity index (χ1n) is 8.56. The smallest absolute Gasteiger partial charge is 0.0208 e. The van der Waals surface area contributed by atoms with Gasteiger partial charge in [-0.15, -0.1) is 0 Å². The van der Waals surface area contributed by atoms with Gasteiger partial charge < -0.3 is 5.32 Å². The van der Waals surface area contributed by atoms with E-state index in [1.165, 1.54) is 22.3 Å². The number of rotatable bonds is 4. The van der Waals surface area contributed by atoms with E-state index in [0.29, 0.717) is 0 Å². The lowest BCUT2D eigenvalue weighted by molar-refractivity contribution is 0.589. The van der Waals surface area contributed by atoms with E-state index in [1.807, 2.05) is 0 Å². The van der Waals surface area contributed by atoms with E-state index < -0.39 is 0 Å². The standard InChI is InChI=1S/C22H31N/c1-21(2,3)19-11-7-17(8-12-19)15-23-16-18-9-13-20(14-10-18)22(4,5)6/h7-14,23H,15-16H2,1-6H3. The Morgan fingerprint density at radius 2 is 0.870 bits per heavy atom. The van der Waals surface area contributed by atoms with Crippen molar-refractivity contribution in [3.8, 4) is 0 Å². The second kappa shape index (κ2) is 6.88. The molecule has 1 heteroatoms. The fourth-order valence-electron chi connectivity index (χ4n) is 2.60. The molecule has 2 aromatic rings. The van der Waals surface area contributed by atoms with Gasteiger partial charge in [0.15, 0.2) is 0 Å². The van der Waals surface area contributed by atoms with E-state index in [0.717, 1.165) is 13.1 Å². The molecule has 23 heavy (non-hydrogen) atoms. The fraction of sp³-hybridized carbons (Fsp3) is 0.455. The maximum absolute atomic E-state index is 3.53. The molecule has 0 heterocycles. The molecule has 0 fully saturated rings. The van der Waals surface area contributed by atoms with Crippen LogP contribution in [-0.2, 0) is 23.9 Å². The Hall–Kier alpha value is -1.60. The summed E-state index contributed by atoms with van der Waals surface area (Å²) in [6.07, 6.45) is 0. The van der Waals surface area contributed by atoms with Crippen LogP contribution in [0.3, 0.4) is 0 Å². The van der Waals surface area contributed by atoms with Gasteiger partial charge in [0, 0.05) is 13.1 Å². The van der Waals surface area contributed by atoms with Gasteiger partial charge in [-0.25, -0.2) is 0 Å². The first kappa shape index (κ1) is 17.7. The molecule has 0 saturated heterocycles. The zero-order valence-electron chi connectivity index (χ0n) is 15.5. The largest absolute Gasteiger partial charge is 0.309 e. The van der Waals surface area contributed by atoms with Gasteiger partial charge in [0.2, 0.25) is 0 Å². The number of nitrogens with one attached hydrogen (secondary N) is 1. The van der Waals surface area contributed by atoms with Crippen molar-refractivity contribution in [1.29, 1.82) is 0 Å². The SMILES string of the molecule is CC(C)(C)c1ccc(CNCc2ccc(C(C)(C)C)cc2)cc1. The third-order valence-corrected chi connectivity index (χ3v) is 4.30. The summed E-state index contributed by atoms with van der Waals surface area (Å²) < 4.78 is 0. The Morgan fingerprint density at radius 1 is 0.565 bits per heavy atom. The highest BCUT2D eigenvalue weighted by Crippen LogP contribution is 2.23. The Bertz CT molecular complexity index is 550. The third-order valence-electron chi connectivity index (χ3n) is 4.30. The van der Waals surface area contributed by atoms with Crippen LogP contribution in [0.5, 0.6) is 0 Å². The Morgan fingerprint density at radius 3 is 1.13 bits per heavy atom. The van der Waals surface area contributed by atoms with Crippen molar-refractivity contribution in [2.24, 2.45) is 0 Å². The zero-order chi connectivity index (χ0) is 17.1. The molecular formula is C22H31N. The molecule has 0 aliphatic carbocycles. The molecule has 0 spiro atoms. The van der Waals surface area contributed by atoms with Gasteiger partial charge in [0.25, 0.3) is 0 Å². The van der Waals surface area contributed by atoms with Gasteiger partial charge in [0.1, 0.15) is 0 Å². The molecular weight excluding hydrogens is 278 g/mol. The van der Waals surface area contributed by atoms with E-state index in [4.69, 9.17) is 0 Å². The highest BCUT2D eigenvalue weighted by molar-refractivity contribution is 5.29. The van der Waals surface area contributed by atoms with Crippen LogP contribution in [0.4, 0.5) is 0 Å². The topological polar surface area (TPSA) is 12.0 Å². The molecule has 1 N–H and O–H groups in total. The second-order valence-electron chi connectivity index (χ2n) is 8.50. The van der Waals surface area contributed by atoms with Crippen molar-refractivity contribution in [1.82, 2.24) is 5.32 Å².